The lowest BCUT2D eigenvalue weighted by Crippen LogP contribution is -2.22. The zero-order valence-corrected chi connectivity index (χ0v) is 17.5. The van der Waals surface area contributed by atoms with Gasteiger partial charge in [-0.3, -0.25) is 4.79 Å². The normalized spacial score (nSPS) is 11.1. The van der Waals surface area contributed by atoms with Crippen molar-refractivity contribution in [2.75, 3.05) is 0 Å². The summed E-state index contributed by atoms with van der Waals surface area (Å²) in [6, 6.07) is 20.5. The topological polar surface area (TPSA) is 34.0 Å². The number of benzene rings is 3. The molecule has 1 amide bonds. The molecule has 0 radical (unpaired) electrons. The lowest BCUT2D eigenvalue weighted by Gasteiger charge is -2.11. The molecule has 0 unspecified atom stereocenters. The lowest BCUT2D eigenvalue weighted by atomic mass is 10.1. The molecule has 0 saturated heterocycles. The van der Waals surface area contributed by atoms with Crippen LogP contribution in [0, 0.1) is 26.6 Å². The Labute approximate surface area is 176 Å². The molecule has 4 rings (SSSR count). The van der Waals surface area contributed by atoms with E-state index < -0.39 is 0 Å². The molecule has 4 aromatic rings. The van der Waals surface area contributed by atoms with Gasteiger partial charge < -0.3 is 9.88 Å². The van der Waals surface area contributed by atoms with Crippen molar-refractivity contribution in [2.45, 2.75) is 33.9 Å². The number of amides is 1. The van der Waals surface area contributed by atoms with Crippen LogP contribution < -0.4 is 5.32 Å². The van der Waals surface area contributed by atoms with Gasteiger partial charge in [-0.1, -0.05) is 36.4 Å². The van der Waals surface area contributed by atoms with Gasteiger partial charge in [-0.25, -0.2) is 4.39 Å². The maximum Gasteiger partial charge on any atom is 0.251 e. The van der Waals surface area contributed by atoms with Crippen molar-refractivity contribution in [1.82, 2.24) is 9.88 Å². The fourth-order valence-electron chi connectivity index (χ4n) is 3.88. The van der Waals surface area contributed by atoms with E-state index in [1.165, 1.54) is 34.5 Å². The number of aromatic nitrogens is 1. The van der Waals surface area contributed by atoms with E-state index in [4.69, 9.17) is 0 Å². The third kappa shape index (κ3) is 3.86. The molecule has 4 heteroatoms. The van der Waals surface area contributed by atoms with Gasteiger partial charge in [0.1, 0.15) is 5.82 Å². The number of nitrogens with one attached hydrogen (secondary N) is 1. The predicted octanol–water partition coefficient (Wildman–Crippen LogP) is 5.68. The zero-order valence-electron chi connectivity index (χ0n) is 17.5. The molecular weight excluding hydrogens is 375 g/mol. The van der Waals surface area contributed by atoms with Crippen LogP contribution in [0.4, 0.5) is 4.39 Å². The van der Waals surface area contributed by atoms with Crippen LogP contribution in [-0.4, -0.2) is 10.5 Å². The first kappa shape index (κ1) is 19.9. The van der Waals surface area contributed by atoms with Gasteiger partial charge in [0.05, 0.1) is 0 Å². The van der Waals surface area contributed by atoms with Crippen LogP contribution in [0.1, 0.15) is 38.3 Å². The molecule has 3 aromatic carbocycles. The second-order valence-electron chi connectivity index (χ2n) is 7.77. The van der Waals surface area contributed by atoms with Crippen molar-refractivity contribution in [3.05, 3.63) is 106 Å². The van der Waals surface area contributed by atoms with Crippen LogP contribution in [0.3, 0.4) is 0 Å². The summed E-state index contributed by atoms with van der Waals surface area (Å²) in [5.74, 6) is -0.464. The van der Waals surface area contributed by atoms with Crippen LogP contribution in [0.25, 0.3) is 10.9 Å². The highest BCUT2D eigenvalue weighted by Gasteiger charge is 2.15. The number of hydrogen-bond acceptors (Lipinski definition) is 1. The van der Waals surface area contributed by atoms with Gasteiger partial charge in [-0.05, 0) is 73.4 Å². The van der Waals surface area contributed by atoms with Crippen molar-refractivity contribution >= 4 is 16.8 Å². The molecule has 0 aliphatic heterocycles. The van der Waals surface area contributed by atoms with E-state index in [9.17, 15) is 9.18 Å². The molecule has 30 heavy (non-hydrogen) atoms. The summed E-state index contributed by atoms with van der Waals surface area (Å²) in [5.41, 5.74) is 7.40. The summed E-state index contributed by atoms with van der Waals surface area (Å²) in [4.78, 5) is 12.7. The van der Waals surface area contributed by atoms with Gasteiger partial charge in [0.15, 0.2) is 0 Å². The van der Waals surface area contributed by atoms with Crippen LogP contribution >= 0.6 is 0 Å². The highest BCUT2D eigenvalue weighted by molar-refractivity contribution is 5.99. The summed E-state index contributed by atoms with van der Waals surface area (Å²) < 4.78 is 15.6. The Morgan fingerprint density at radius 2 is 1.77 bits per heavy atom. The molecule has 1 heterocycles. The zero-order chi connectivity index (χ0) is 21.3. The minimum absolute atomic E-state index is 0.162. The number of fused-ring (bicyclic) bond motifs is 1. The molecule has 1 N–H and O–H groups in total. The number of nitrogens with zero attached hydrogens (tertiary/aromatic N) is 1. The Morgan fingerprint density at radius 1 is 0.967 bits per heavy atom. The smallest absolute Gasteiger partial charge is 0.251 e. The van der Waals surface area contributed by atoms with Gasteiger partial charge in [0.2, 0.25) is 0 Å². The van der Waals surface area contributed by atoms with Crippen LogP contribution in [-0.2, 0) is 13.1 Å². The Hall–Kier alpha value is -3.40. The Kier molecular flexibility index (Phi) is 5.40. The first-order chi connectivity index (χ1) is 14.4. The summed E-state index contributed by atoms with van der Waals surface area (Å²) in [6.45, 7) is 7.44. The number of hydrogen-bond donors (Lipinski definition) is 1. The maximum atomic E-state index is 13.3. The molecule has 0 bridgehead atoms. The number of carbonyl (C=O) groups is 1. The van der Waals surface area contributed by atoms with E-state index in [1.54, 1.807) is 12.1 Å². The van der Waals surface area contributed by atoms with Crippen LogP contribution in [0.2, 0.25) is 0 Å². The Bertz CT molecular complexity index is 1240. The average Bonchev–Trinajstić information content (AvgIpc) is 2.98. The third-order valence-electron chi connectivity index (χ3n) is 5.83. The molecule has 0 aliphatic carbocycles. The summed E-state index contributed by atoms with van der Waals surface area (Å²) in [7, 11) is 0. The fourth-order valence-corrected chi connectivity index (χ4v) is 3.88. The summed E-state index contributed by atoms with van der Waals surface area (Å²) >= 11 is 0. The number of rotatable bonds is 5. The molecule has 0 aliphatic rings. The van der Waals surface area contributed by atoms with Crippen molar-refractivity contribution in [3.63, 3.8) is 0 Å². The monoisotopic (exact) mass is 400 g/mol. The van der Waals surface area contributed by atoms with Gasteiger partial charge in [0, 0.05) is 35.2 Å². The quantitative estimate of drug-likeness (QED) is 0.459. The minimum Gasteiger partial charge on any atom is -0.348 e. The largest absolute Gasteiger partial charge is 0.348 e. The number of halogens is 1. The first-order valence-corrected chi connectivity index (χ1v) is 10.1. The lowest BCUT2D eigenvalue weighted by molar-refractivity contribution is 0.0951. The molecule has 0 spiro atoms. The molecule has 0 fully saturated rings. The first-order valence-electron chi connectivity index (χ1n) is 10.1. The third-order valence-corrected chi connectivity index (χ3v) is 5.83. The van der Waals surface area contributed by atoms with Crippen molar-refractivity contribution in [1.29, 1.82) is 0 Å². The van der Waals surface area contributed by atoms with Gasteiger partial charge >= 0.3 is 0 Å². The van der Waals surface area contributed by atoms with E-state index in [-0.39, 0.29) is 11.7 Å². The summed E-state index contributed by atoms with van der Waals surface area (Å²) in [5, 5.41) is 3.97. The van der Waals surface area contributed by atoms with Crippen LogP contribution in [0.15, 0.2) is 66.7 Å². The van der Waals surface area contributed by atoms with Crippen LogP contribution in [0.5, 0.6) is 0 Å². The highest BCUT2D eigenvalue weighted by atomic mass is 19.1. The van der Waals surface area contributed by atoms with Gasteiger partial charge in [0.25, 0.3) is 5.91 Å². The van der Waals surface area contributed by atoms with E-state index in [0.29, 0.717) is 12.1 Å². The summed E-state index contributed by atoms with van der Waals surface area (Å²) in [6.07, 6.45) is 0. The van der Waals surface area contributed by atoms with Gasteiger partial charge in [-0.2, -0.15) is 0 Å². The van der Waals surface area contributed by atoms with E-state index in [0.717, 1.165) is 23.0 Å². The molecule has 3 nitrogen and oxygen atoms in total. The van der Waals surface area contributed by atoms with E-state index in [1.807, 2.05) is 18.2 Å². The maximum absolute atomic E-state index is 13.3. The second-order valence-corrected chi connectivity index (χ2v) is 7.77. The molecule has 0 saturated carbocycles. The van der Waals surface area contributed by atoms with Crippen molar-refractivity contribution in [2.24, 2.45) is 0 Å². The minimum atomic E-state index is -0.302. The SMILES string of the molecule is Cc1ccccc1Cn1c(C)c(C)c2cc(C(=O)NCc3cccc(F)c3)ccc21. The second kappa shape index (κ2) is 8.15. The molecule has 1 aromatic heterocycles. The van der Waals surface area contributed by atoms with Crippen molar-refractivity contribution in [3.8, 4) is 0 Å². The standard InChI is InChI=1S/C26H25FN2O/c1-17-7-4-5-9-22(17)16-29-19(3)18(2)24-14-21(11-12-25(24)29)26(30)28-15-20-8-6-10-23(27)13-20/h4-14H,15-16H2,1-3H3,(H,28,30). The van der Waals surface area contributed by atoms with Crippen molar-refractivity contribution < 1.29 is 9.18 Å². The molecule has 0 atom stereocenters. The fraction of sp³-hybridized carbons (Fsp3) is 0.192. The Morgan fingerprint density at radius 3 is 2.53 bits per heavy atom. The van der Waals surface area contributed by atoms with Gasteiger partial charge in [-0.15, -0.1) is 0 Å². The number of carbonyl (C=O) groups excluding carboxylic acids is 1. The predicted molar refractivity (Wildman–Crippen MR) is 119 cm³/mol. The van der Waals surface area contributed by atoms with E-state index >= 15 is 0 Å². The molecular formula is C26H25FN2O. The Balaban J connectivity index is 1.60. The average molecular weight is 400 g/mol. The highest BCUT2D eigenvalue weighted by Crippen LogP contribution is 2.27. The number of aryl methyl sites for hydroxylation is 2. The molecule has 152 valence electrons. The van der Waals surface area contributed by atoms with E-state index in [2.05, 4.69) is 54.9 Å².